The number of aromatic nitrogens is 1. The summed E-state index contributed by atoms with van der Waals surface area (Å²) in [5.74, 6) is -1.05. The number of nitrogens with zero attached hydrogens (tertiary/aromatic N) is 1. The SMILES string of the molecule is Cc1ccnc2c(C(N)C(=O)O)cccc12. The monoisotopic (exact) mass is 216 g/mol. The number of hydrogen-bond donors (Lipinski definition) is 2. The van der Waals surface area contributed by atoms with Gasteiger partial charge in [0.1, 0.15) is 6.04 Å². The Morgan fingerprint density at radius 2 is 2.19 bits per heavy atom. The first kappa shape index (κ1) is 10.6. The normalized spacial score (nSPS) is 12.6. The Bertz CT molecular complexity index is 552. The number of rotatable bonds is 2. The van der Waals surface area contributed by atoms with E-state index in [9.17, 15) is 4.79 Å². The molecule has 4 nitrogen and oxygen atoms in total. The maximum absolute atomic E-state index is 10.9. The van der Waals surface area contributed by atoms with Gasteiger partial charge in [-0.3, -0.25) is 9.78 Å². The Hall–Kier alpha value is -1.94. The molecule has 0 amide bonds. The topological polar surface area (TPSA) is 76.2 Å². The fourth-order valence-corrected chi connectivity index (χ4v) is 1.72. The summed E-state index contributed by atoms with van der Waals surface area (Å²) >= 11 is 0. The molecule has 0 spiro atoms. The summed E-state index contributed by atoms with van der Waals surface area (Å²) < 4.78 is 0. The Morgan fingerprint density at radius 1 is 1.44 bits per heavy atom. The Morgan fingerprint density at radius 3 is 2.88 bits per heavy atom. The number of benzene rings is 1. The summed E-state index contributed by atoms with van der Waals surface area (Å²) in [4.78, 5) is 15.1. The van der Waals surface area contributed by atoms with Gasteiger partial charge in [0, 0.05) is 17.1 Å². The zero-order valence-corrected chi connectivity index (χ0v) is 8.84. The van der Waals surface area contributed by atoms with E-state index >= 15 is 0 Å². The number of nitrogens with two attached hydrogens (primary N) is 1. The maximum Gasteiger partial charge on any atom is 0.325 e. The van der Waals surface area contributed by atoms with Gasteiger partial charge in [0.25, 0.3) is 0 Å². The molecule has 82 valence electrons. The van der Waals surface area contributed by atoms with Crippen molar-refractivity contribution in [3.63, 3.8) is 0 Å². The molecule has 0 fully saturated rings. The molecular formula is C12H12N2O2. The van der Waals surface area contributed by atoms with Crippen molar-refractivity contribution in [1.82, 2.24) is 4.98 Å². The zero-order valence-electron chi connectivity index (χ0n) is 8.84. The van der Waals surface area contributed by atoms with Crippen LogP contribution in [-0.2, 0) is 4.79 Å². The fraction of sp³-hybridized carbons (Fsp3) is 0.167. The van der Waals surface area contributed by atoms with Crippen LogP contribution in [0.15, 0.2) is 30.5 Å². The van der Waals surface area contributed by atoms with Crippen LogP contribution in [-0.4, -0.2) is 16.1 Å². The summed E-state index contributed by atoms with van der Waals surface area (Å²) in [5, 5.41) is 9.85. The van der Waals surface area contributed by atoms with Crippen molar-refractivity contribution in [3.8, 4) is 0 Å². The van der Waals surface area contributed by atoms with Gasteiger partial charge in [0.15, 0.2) is 0 Å². The highest BCUT2D eigenvalue weighted by Gasteiger charge is 2.17. The number of aryl methyl sites for hydroxylation is 1. The third-order valence-corrected chi connectivity index (χ3v) is 2.62. The second-order valence-electron chi connectivity index (χ2n) is 3.69. The Balaban J connectivity index is 2.72. The van der Waals surface area contributed by atoms with E-state index in [1.54, 1.807) is 18.3 Å². The lowest BCUT2D eigenvalue weighted by atomic mass is 10.0. The van der Waals surface area contributed by atoms with Crippen LogP contribution in [0.4, 0.5) is 0 Å². The highest BCUT2D eigenvalue weighted by Crippen LogP contribution is 2.23. The number of carboxylic acid groups (broad SMARTS) is 1. The Kier molecular flexibility index (Phi) is 2.58. The summed E-state index contributed by atoms with van der Waals surface area (Å²) in [6, 6.07) is 6.27. The molecule has 0 radical (unpaired) electrons. The lowest BCUT2D eigenvalue weighted by Gasteiger charge is -2.10. The highest BCUT2D eigenvalue weighted by atomic mass is 16.4. The van der Waals surface area contributed by atoms with E-state index < -0.39 is 12.0 Å². The second kappa shape index (κ2) is 3.90. The molecule has 2 aromatic rings. The third-order valence-electron chi connectivity index (χ3n) is 2.62. The second-order valence-corrected chi connectivity index (χ2v) is 3.69. The molecule has 16 heavy (non-hydrogen) atoms. The molecular weight excluding hydrogens is 204 g/mol. The van der Waals surface area contributed by atoms with Crippen molar-refractivity contribution in [2.75, 3.05) is 0 Å². The summed E-state index contributed by atoms with van der Waals surface area (Å²) in [7, 11) is 0. The van der Waals surface area contributed by atoms with E-state index in [-0.39, 0.29) is 0 Å². The number of para-hydroxylation sites is 1. The van der Waals surface area contributed by atoms with Gasteiger partial charge in [0.05, 0.1) is 5.52 Å². The van der Waals surface area contributed by atoms with Crippen LogP contribution in [0.5, 0.6) is 0 Å². The number of carbonyl (C=O) groups is 1. The van der Waals surface area contributed by atoms with Gasteiger partial charge in [-0.05, 0) is 18.6 Å². The minimum Gasteiger partial charge on any atom is -0.480 e. The zero-order chi connectivity index (χ0) is 11.7. The van der Waals surface area contributed by atoms with Gasteiger partial charge in [-0.25, -0.2) is 0 Å². The third kappa shape index (κ3) is 1.63. The Labute approximate surface area is 92.7 Å². The van der Waals surface area contributed by atoms with Gasteiger partial charge in [-0.2, -0.15) is 0 Å². The van der Waals surface area contributed by atoms with E-state index in [4.69, 9.17) is 10.8 Å². The molecule has 3 N–H and O–H groups in total. The average Bonchev–Trinajstić information content (AvgIpc) is 2.28. The quantitative estimate of drug-likeness (QED) is 0.799. The largest absolute Gasteiger partial charge is 0.480 e. The smallest absolute Gasteiger partial charge is 0.325 e. The average molecular weight is 216 g/mol. The van der Waals surface area contributed by atoms with Crippen LogP contribution < -0.4 is 5.73 Å². The molecule has 2 rings (SSSR count). The van der Waals surface area contributed by atoms with Gasteiger partial charge in [-0.15, -0.1) is 0 Å². The van der Waals surface area contributed by atoms with Crippen molar-refractivity contribution in [1.29, 1.82) is 0 Å². The first-order valence-corrected chi connectivity index (χ1v) is 4.94. The molecule has 0 aliphatic carbocycles. The number of pyridine rings is 1. The van der Waals surface area contributed by atoms with Gasteiger partial charge < -0.3 is 10.8 Å². The predicted octanol–water partition coefficient (Wildman–Crippen LogP) is 1.63. The minimum absolute atomic E-state index is 0.550. The summed E-state index contributed by atoms with van der Waals surface area (Å²) in [6.45, 7) is 1.96. The van der Waals surface area contributed by atoms with E-state index in [2.05, 4.69) is 4.98 Å². The van der Waals surface area contributed by atoms with Crippen LogP contribution in [0.2, 0.25) is 0 Å². The van der Waals surface area contributed by atoms with Crippen LogP contribution in [0.1, 0.15) is 17.2 Å². The molecule has 0 bridgehead atoms. The van der Waals surface area contributed by atoms with Gasteiger partial charge in [0.2, 0.25) is 0 Å². The van der Waals surface area contributed by atoms with E-state index in [0.29, 0.717) is 11.1 Å². The number of aliphatic carboxylic acids is 1. The molecule has 1 aromatic carbocycles. The molecule has 1 unspecified atom stereocenters. The summed E-state index contributed by atoms with van der Waals surface area (Å²) in [6.07, 6.45) is 1.66. The van der Waals surface area contributed by atoms with Crippen molar-refractivity contribution in [2.45, 2.75) is 13.0 Å². The van der Waals surface area contributed by atoms with E-state index in [0.717, 1.165) is 10.9 Å². The van der Waals surface area contributed by atoms with Crippen LogP contribution in [0, 0.1) is 6.92 Å². The molecule has 4 heteroatoms. The lowest BCUT2D eigenvalue weighted by molar-refractivity contribution is -0.138. The number of carboxylic acids is 1. The number of fused-ring (bicyclic) bond motifs is 1. The van der Waals surface area contributed by atoms with E-state index in [1.165, 1.54) is 0 Å². The van der Waals surface area contributed by atoms with Crippen LogP contribution >= 0.6 is 0 Å². The lowest BCUT2D eigenvalue weighted by Crippen LogP contribution is -2.21. The summed E-state index contributed by atoms with van der Waals surface area (Å²) in [5.41, 5.74) is 7.89. The molecule has 0 saturated carbocycles. The molecule has 1 atom stereocenters. The molecule has 0 saturated heterocycles. The molecule has 1 aromatic heterocycles. The van der Waals surface area contributed by atoms with Crippen molar-refractivity contribution in [3.05, 3.63) is 41.6 Å². The van der Waals surface area contributed by atoms with Gasteiger partial charge in [-0.1, -0.05) is 18.2 Å². The minimum atomic E-state index is -1.05. The fourth-order valence-electron chi connectivity index (χ4n) is 1.72. The molecule has 0 aliphatic heterocycles. The maximum atomic E-state index is 10.9. The van der Waals surface area contributed by atoms with Crippen molar-refractivity contribution >= 4 is 16.9 Å². The predicted molar refractivity (Wildman–Crippen MR) is 61.0 cm³/mol. The van der Waals surface area contributed by atoms with Crippen molar-refractivity contribution < 1.29 is 9.90 Å². The van der Waals surface area contributed by atoms with Crippen LogP contribution in [0.3, 0.4) is 0 Å². The standard InChI is InChI=1S/C12H12N2O2/c1-7-5-6-14-11-8(7)3-2-4-9(11)10(13)12(15)16/h2-6,10H,13H2,1H3,(H,15,16). The van der Waals surface area contributed by atoms with Gasteiger partial charge >= 0.3 is 5.97 Å². The molecule has 0 aliphatic rings. The van der Waals surface area contributed by atoms with Crippen molar-refractivity contribution in [2.24, 2.45) is 5.73 Å². The van der Waals surface area contributed by atoms with Crippen LogP contribution in [0.25, 0.3) is 10.9 Å². The van der Waals surface area contributed by atoms with E-state index in [1.807, 2.05) is 19.1 Å². The first-order valence-electron chi connectivity index (χ1n) is 4.94. The highest BCUT2D eigenvalue weighted by molar-refractivity contribution is 5.89. The first-order chi connectivity index (χ1) is 7.61. The molecule has 1 heterocycles. The number of hydrogen-bond acceptors (Lipinski definition) is 3.